The van der Waals surface area contributed by atoms with E-state index in [1.54, 1.807) is 29.4 Å². The molecule has 0 saturated carbocycles. The highest BCUT2D eigenvalue weighted by Gasteiger charge is 2.35. The monoisotopic (exact) mass is 516 g/mol. The quantitative estimate of drug-likeness (QED) is 0.308. The van der Waals surface area contributed by atoms with Crippen molar-refractivity contribution < 1.29 is 14.3 Å². The molecule has 8 nitrogen and oxygen atoms in total. The van der Waals surface area contributed by atoms with Crippen LogP contribution < -0.4 is 10.5 Å². The lowest BCUT2D eigenvalue weighted by atomic mass is 9.96. The summed E-state index contributed by atoms with van der Waals surface area (Å²) in [6.07, 6.45) is 3.23. The summed E-state index contributed by atoms with van der Waals surface area (Å²) in [5.74, 6) is 0.155. The second-order valence-electron chi connectivity index (χ2n) is 9.12. The molecule has 0 aliphatic carbocycles. The second kappa shape index (κ2) is 11.4. The molecule has 188 valence electrons. The Hall–Kier alpha value is -2.64. The molecule has 0 N–H and O–H groups in total. The summed E-state index contributed by atoms with van der Waals surface area (Å²) in [6.45, 7) is 11.6. The number of hydrogen-bond acceptors (Lipinski definition) is 8. The molecule has 0 bridgehead atoms. The van der Waals surface area contributed by atoms with Crippen molar-refractivity contribution in [3.8, 4) is 6.07 Å². The zero-order chi connectivity index (χ0) is 25.9. The highest BCUT2D eigenvalue weighted by Crippen LogP contribution is 2.37. The molecule has 1 aromatic rings. The Morgan fingerprint density at radius 3 is 2.66 bits per heavy atom. The van der Waals surface area contributed by atoms with Gasteiger partial charge in [0.2, 0.25) is 0 Å². The van der Waals surface area contributed by atoms with Crippen molar-refractivity contribution in [1.82, 2.24) is 9.47 Å². The van der Waals surface area contributed by atoms with Crippen LogP contribution in [-0.2, 0) is 20.9 Å². The molecule has 1 aromatic heterocycles. The Morgan fingerprint density at radius 1 is 1.34 bits per heavy atom. The Kier molecular flexibility index (Phi) is 8.78. The number of nitrogens with zero attached hydrogens (tertiary/aromatic N) is 4. The number of thiocarbonyl (C=S) groups is 1. The number of nitriles is 1. The van der Waals surface area contributed by atoms with Gasteiger partial charge in [0.15, 0.2) is 0 Å². The summed E-state index contributed by atoms with van der Waals surface area (Å²) < 4.78 is 7.32. The molecular formula is C25H32N4O4S2. The van der Waals surface area contributed by atoms with Crippen molar-refractivity contribution in [2.45, 2.75) is 54.0 Å². The van der Waals surface area contributed by atoms with Crippen LogP contribution >= 0.6 is 24.0 Å². The van der Waals surface area contributed by atoms with E-state index in [2.05, 4.69) is 0 Å². The number of piperidine rings is 1. The van der Waals surface area contributed by atoms with Crippen LogP contribution in [0.2, 0.25) is 0 Å². The Labute approximate surface area is 215 Å². The van der Waals surface area contributed by atoms with E-state index in [1.807, 2.05) is 31.7 Å². The van der Waals surface area contributed by atoms with E-state index >= 15 is 0 Å². The largest absolute Gasteiger partial charge is 0.466 e. The molecule has 0 radical (unpaired) electrons. The van der Waals surface area contributed by atoms with Crippen LogP contribution in [0.25, 0.3) is 6.08 Å². The van der Waals surface area contributed by atoms with Crippen LogP contribution in [0, 0.1) is 30.1 Å². The summed E-state index contributed by atoms with van der Waals surface area (Å²) in [5.41, 5.74) is 0.839. The van der Waals surface area contributed by atoms with Crippen LogP contribution in [0.4, 0.5) is 5.82 Å². The van der Waals surface area contributed by atoms with E-state index in [1.165, 1.54) is 11.8 Å². The molecule has 2 fully saturated rings. The standard InChI is InChI=1S/C25H32N4O4S2/c1-6-28-21(27-10-8-9-17(14-27)24(32)33-7-2)18(16(5)19(12-26)22(28)30)11-20-23(31)29(13-15(3)4)25(34)35-20/h11,15,17H,6-10,13-14H2,1-5H3/b20-11-. The van der Waals surface area contributed by atoms with Gasteiger partial charge < -0.3 is 9.64 Å². The average Bonchev–Trinajstić information content (AvgIpc) is 3.08. The molecule has 1 amide bonds. The SMILES string of the molecule is CCOC(=O)C1CCCN(c2c(/C=C3\SC(=S)N(CC(C)C)C3=O)c(C)c(C#N)c(=O)n2CC)C1. The van der Waals surface area contributed by atoms with E-state index < -0.39 is 0 Å². The van der Waals surface area contributed by atoms with Gasteiger partial charge >= 0.3 is 5.97 Å². The predicted molar refractivity (Wildman–Crippen MR) is 142 cm³/mol. The van der Waals surface area contributed by atoms with Gasteiger partial charge in [-0.1, -0.05) is 37.8 Å². The number of pyridine rings is 1. The zero-order valence-corrected chi connectivity index (χ0v) is 22.6. The number of carbonyl (C=O) groups is 2. The first kappa shape index (κ1) is 27.0. The number of rotatable bonds is 7. The molecule has 3 rings (SSSR count). The molecule has 10 heteroatoms. The Bertz CT molecular complexity index is 1170. The zero-order valence-electron chi connectivity index (χ0n) is 20.9. The lowest BCUT2D eigenvalue weighted by molar-refractivity contribution is -0.148. The minimum absolute atomic E-state index is 0.0541. The van der Waals surface area contributed by atoms with Gasteiger partial charge in [0, 0.05) is 31.7 Å². The molecular weight excluding hydrogens is 484 g/mol. The van der Waals surface area contributed by atoms with E-state index in [0.29, 0.717) is 65.4 Å². The third-order valence-corrected chi connectivity index (χ3v) is 7.58. The molecule has 1 unspecified atom stereocenters. The number of hydrogen-bond donors (Lipinski definition) is 0. The highest BCUT2D eigenvalue weighted by atomic mass is 32.2. The van der Waals surface area contributed by atoms with Crippen molar-refractivity contribution in [3.63, 3.8) is 0 Å². The third kappa shape index (κ3) is 5.46. The fourth-order valence-electron chi connectivity index (χ4n) is 4.55. The van der Waals surface area contributed by atoms with Crippen molar-refractivity contribution in [1.29, 1.82) is 5.26 Å². The van der Waals surface area contributed by atoms with Gasteiger partial charge in [-0.2, -0.15) is 5.26 Å². The van der Waals surface area contributed by atoms with Gasteiger partial charge in [-0.05, 0) is 51.2 Å². The number of thioether (sulfide) groups is 1. The number of anilines is 1. The normalized spacial score (nSPS) is 19.6. The minimum atomic E-state index is -0.370. The number of esters is 1. The smallest absolute Gasteiger partial charge is 0.310 e. The van der Waals surface area contributed by atoms with Gasteiger partial charge in [0.25, 0.3) is 11.5 Å². The van der Waals surface area contributed by atoms with Gasteiger partial charge in [-0.25, -0.2) is 0 Å². The maximum absolute atomic E-state index is 13.2. The predicted octanol–water partition coefficient (Wildman–Crippen LogP) is 3.69. The molecule has 2 aliphatic heterocycles. The van der Waals surface area contributed by atoms with Crippen LogP contribution in [0.5, 0.6) is 0 Å². The van der Waals surface area contributed by atoms with Crippen molar-refractivity contribution in [2.24, 2.45) is 11.8 Å². The fourth-order valence-corrected chi connectivity index (χ4v) is 5.81. The van der Waals surface area contributed by atoms with Crippen molar-refractivity contribution in [3.05, 3.63) is 31.9 Å². The molecule has 2 aliphatic rings. The summed E-state index contributed by atoms with van der Waals surface area (Å²) >= 11 is 6.70. The minimum Gasteiger partial charge on any atom is -0.466 e. The van der Waals surface area contributed by atoms with E-state index in [4.69, 9.17) is 17.0 Å². The summed E-state index contributed by atoms with van der Waals surface area (Å²) in [4.78, 5) is 43.0. The molecule has 0 spiro atoms. The van der Waals surface area contributed by atoms with Crippen molar-refractivity contribution in [2.75, 3.05) is 31.1 Å². The van der Waals surface area contributed by atoms with Crippen LogP contribution in [0.3, 0.4) is 0 Å². The Balaban J connectivity index is 2.16. The third-order valence-electron chi connectivity index (χ3n) is 6.20. The maximum Gasteiger partial charge on any atom is 0.310 e. The van der Waals surface area contributed by atoms with Crippen LogP contribution in [0.15, 0.2) is 9.70 Å². The molecule has 1 atom stereocenters. The number of aromatic nitrogens is 1. The van der Waals surface area contributed by atoms with Crippen LogP contribution in [-0.4, -0.2) is 51.9 Å². The maximum atomic E-state index is 13.2. The van der Waals surface area contributed by atoms with E-state index in [-0.39, 0.29) is 34.8 Å². The lowest BCUT2D eigenvalue weighted by Crippen LogP contribution is -2.43. The average molecular weight is 517 g/mol. The molecule has 35 heavy (non-hydrogen) atoms. The first-order valence-corrected chi connectivity index (χ1v) is 13.2. The topological polar surface area (TPSA) is 95.6 Å². The summed E-state index contributed by atoms with van der Waals surface area (Å²) in [5, 5.41) is 9.75. The fraction of sp³-hybridized carbons (Fsp3) is 0.560. The van der Waals surface area contributed by atoms with Crippen molar-refractivity contribution >= 4 is 52.1 Å². The van der Waals surface area contributed by atoms with Gasteiger partial charge in [-0.15, -0.1) is 0 Å². The van der Waals surface area contributed by atoms with Gasteiger partial charge in [0.1, 0.15) is 21.8 Å². The summed E-state index contributed by atoms with van der Waals surface area (Å²) in [7, 11) is 0. The van der Waals surface area contributed by atoms with Gasteiger partial charge in [-0.3, -0.25) is 23.9 Å². The lowest BCUT2D eigenvalue weighted by Gasteiger charge is -2.36. The van der Waals surface area contributed by atoms with Gasteiger partial charge in [0.05, 0.1) is 17.4 Å². The number of amides is 1. The molecule has 2 saturated heterocycles. The first-order valence-electron chi connectivity index (χ1n) is 12.0. The van der Waals surface area contributed by atoms with Crippen LogP contribution in [0.1, 0.15) is 57.2 Å². The second-order valence-corrected chi connectivity index (χ2v) is 10.8. The molecule has 3 heterocycles. The number of carbonyl (C=O) groups excluding carboxylic acids is 2. The summed E-state index contributed by atoms with van der Waals surface area (Å²) in [6, 6.07) is 2.05. The molecule has 0 aromatic carbocycles. The highest BCUT2D eigenvalue weighted by molar-refractivity contribution is 8.26. The van der Waals surface area contributed by atoms with E-state index in [9.17, 15) is 19.6 Å². The van der Waals surface area contributed by atoms with E-state index in [0.717, 1.165) is 6.42 Å². The number of ether oxygens (including phenoxy) is 1. The Morgan fingerprint density at radius 2 is 2.06 bits per heavy atom. The first-order chi connectivity index (χ1) is 16.6.